The van der Waals surface area contributed by atoms with E-state index in [1.165, 1.54) is 68.7 Å². The summed E-state index contributed by atoms with van der Waals surface area (Å²) in [4.78, 5) is 0. The first-order valence-corrected chi connectivity index (χ1v) is 16.6. The quantitative estimate of drug-likeness (QED) is 0.193. The number of aromatic nitrogens is 2. The van der Waals surface area contributed by atoms with Crippen LogP contribution in [0.15, 0.2) is 122 Å². The molecule has 5 aromatic carbocycles. The van der Waals surface area contributed by atoms with Gasteiger partial charge in [-0.05, 0) is 91.9 Å². The molecule has 224 valence electrons. The van der Waals surface area contributed by atoms with Crippen LogP contribution in [0, 0.1) is 0 Å². The molecular formula is C43H36N2O. The van der Waals surface area contributed by atoms with Crippen LogP contribution >= 0.6 is 0 Å². The Balaban J connectivity index is 1.35. The summed E-state index contributed by atoms with van der Waals surface area (Å²) in [5.74, 6) is 1.57. The molecule has 0 spiro atoms. The Morgan fingerprint density at radius 3 is 2.00 bits per heavy atom. The van der Waals surface area contributed by atoms with Crippen LogP contribution in [0.25, 0.3) is 67.4 Å². The molecule has 3 heterocycles. The van der Waals surface area contributed by atoms with Crippen LogP contribution in [0.1, 0.15) is 55.3 Å². The molecule has 3 heteroatoms. The van der Waals surface area contributed by atoms with E-state index in [-0.39, 0.29) is 0 Å². The number of hydrogen-bond donors (Lipinski definition) is 0. The van der Waals surface area contributed by atoms with Crippen LogP contribution in [-0.4, -0.2) is 15.2 Å². The Hall–Kier alpha value is -5.28. The molecule has 0 bridgehead atoms. The van der Waals surface area contributed by atoms with Crippen molar-refractivity contribution in [3.8, 4) is 28.3 Å². The molecule has 2 aromatic heterocycles. The smallest absolute Gasteiger partial charge is 0.123 e. The van der Waals surface area contributed by atoms with Crippen LogP contribution in [0.4, 0.5) is 0 Å². The SMILES string of the molecule is C=Cc1c(/C=C\C)n(-c2cc(-c3ccc4c(c3)C3CCCCC3O4)cc(-n3c4ccccc4c4ccccc43)c2)c2ccccc12. The monoisotopic (exact) mass is 596 g/mol. The average molecular weight is 597 g/mol. The van der Waals surface area contributed by atoms with Crippen molar-refractivity contribution in [2.75, 3.05) is 0 Å². The second kappa shape index (κ2) is 10.7. The molecule has 7 aromatic rings. The van der Waals surface area contributed by atoms with Gasteiger partial charge in [-0.25, -0.2) is 0 Å². The van der Waals surface area contributed by atoms with E-state index in [2.05, 4.69) is 144 Å². The Morgan fingerprint density at radius 2 is 1.30 bits per heavy atom. The third-order valence-corrected chi connectivity index (χ3v) is 10.2. The van der Waals surface area contributed by atoms with Crippen molar-refractivity contribution in [2.45, 2.75) is 44.6 Å². The summed E-state index contributed by atoms with van der Waals surface area (Å²) >= 11 is 0. The molecule has 1 fully saturated rings. The van der Waals surface area contributed by atoms with Crippen molar-refractivity contribution in [3.63, 3.8) is 0 Å². The highest BCUT2D eigenvalue weighted by atomic mass is 16.5. The van der Waals surface area contributed by atoms with Gasteiger partial charge in [0, 0.05) is 44.6 Å². The first kappa shape index (κ1) is 27.1. The summed E-state index contributed by atoms with van der Waals surface area (Å²) in [6.45, 7) is 6.31. The summed E-state index contributed by atoms with van der Waals surface area (Å²) in [7, 11) is 0. The molecule has 2 atom stereocenters. The number of para-hydroxylation sites is 3. The number of allylic oxidation sites excluding steroid dienone is 1. The van der Waals surface area contributed by atoms with Crippen molar-refractivity contribution < 1.29 is 4.74 Å². The van der Waals surface area contributed by atoms with E-state index in [4.69, 9.17) is 4.74 Å². The summed E-state index contributed by atoms with van der Waals surface area (Å²) in [5, 5.41) is 3.73. The Bertz CT molecular complexity index is 2300. The van der Waals surface area contributed by atoms with Gasteiger partial charge in [0.25, 0.3) is 0 Å². The van der Waals surface area contributed by atoms with E-state index in [1.54, 1.807) is 0 Å². The molecule has 2 aliphatic rings. The lowest BCUT2D eigenvalue weighted by Gasteiger charge is -2.23. The molecule has 0 N–H and O–H groups in total. The Morgan fingerprint density at radius 1 is 0.674 bits per heavy atom. The van der Waals surface area contributed by atoms with E-state index >= 15 is 0 Å². The van der Waals surface area contributed by atoms with E-state index in [9.17, 15) is 0 Å². The van der Waals surface area contributed by atoms with Crippen LogP contribution in [0.5, 0.6) is 5.75 Å². The molecule has 9 rings (SSSR count). The van der Waals surface area contributed by atoms with Gasteiger partial charge in [0.15, 0.2) is 0 Å². The van der Waals surface area contributed by atoms with Gasteiger partial charge < -0.3 is 13.9 Å². The summed E-state index contributed by atoms with van der Waals surface area (Å²) < 4.78 is 11.3. The van der Waals surface area contributed by atoms with Crippen molar-refractivity contribution in [1.29, 1.82) is 0 Å². The topological polar surface area (TPSA) is 19.1 Å². The Labute approximate surface area is 269 Å². The summed E-state index contributed by atoms with van der Waals surface area (Å²) in [5.41, 5.74) is 11.9. The number of hydrogen-bond acceptors (Lipinski definition) is 1. The zero-order chi connectivity index (χ0) is 30.8. The van der Waals surface area contributed by atoms with Gasteiger partial charge in [-0.1, -0.05) is 85.8 Å². The maximum Gasteiger partial charge on any atom is 0.123 e. The number of rotatable bonds is 5. The molecule has 1 aliphatic heterocycles. The molecule has 46 heavy (non-hydrogen) atoms. The number of ether oxygens (including phenoxy) is 1. The molecule has 0 saturated heterocycles. The van der Waals surface area contributed by atoms with Gasteiger partial charge in [0.2, 0.25) is 0 Å². The highest BCUT2D eigenvalue weighted by molar-refractivity contribution is 6.09. The van der Waals surface area contributed by atoms with Gasteiger partial charge in [0.1, 0.15) is 11.9 Å². The fraction of sp³-hybridized carbons (Fsp3) is 0.163. The third-order valence-electron chi connectivity index (χ3n) is 10.2. The lowest BCUT2D eigenvalue weighted by atomic mass is 9.82. The lowest BCUT2D eigenvalue weighted by Crippen LogP contribution is -2.22. The standard InChI is InChI=1S/C43H36N2O/c1-3-13-38-32(4-2)33-14-5-9-18-39(33)44(38)30-24-29(28-22-23-43-37(26-28)36-17-8-12-21-42(36)46-43)25-31(27-30)45-40-19-10-6-15-34(40)35-16-7-11-20-41(35)45/h3-7,9-11,13-16,18-20,22-27,36,42H,2,8,12,17,21H2,1H3/b13-3-. The number of benzene rings is 5. The highest BCUT2D eigenvalue weighted by Crippen LogP contribution is 2.47. The molecule has 1 aliphatic carbocycles. The molecule has 2 unspecified atom stereocenters. The predicted octanol–water partition coefficient (Wildman–Crippen LogP) is 11.5. The van der Waals surface area contributed by atoms with Gasteiger partial charge in [-0.15, -0.1) is 0 Å². The van der Waals surface area contributed by atoms with Crippen LogP contribution in [-0.2, 0) is 0 Å². The van der Waals surface area contributed by atoms with Gasteiger partial charge in [-0.2, -0.15) is 0 Å². The minimum Gasteiger partial charge on any atom is -0.489 e. The van der Waals surface area contributed by atoms with Crippen LogP contribution in [0.3, 0.4) is 0 Å². The van der Waals surface area contributed by atoms with Crippen molar-refractivity contribution in [3.05, 3.63) is 139 Å². The normalized spacial score (nSPS) is 17.5. The molecule has 1 saturated carbocycles. The zero-order valence-corrected chi connectivity index (χ0v) is 26.1. The first-order valence-electron chi connectivity index (χ1n) is 16.6. The van der Waals surface area contributed by atoms with Crippen LogP contribution in [0.2, 0.25) is 0 Å². The highest BCUT2D eigenvalue weighted by Gasteiger charge is 2.36. The van der Waals surface area contributed by atoms with Crippen molar-refractivity contribution >= 4 is 44.9 Å². The van der Waals surface area contributed by atoms with E-state index in [1.807, 2.05) is 6.08 Å². The summed E-state index contributed by atoms with van der Waals surface area (Å²) in [6, 6.07) is 40.1. The number of fused-ring (bicyclic) bond motifs is 7. The van der Waals surface area contributed by atoms with Gasteiger partial charge in [-0.3, -0.25) is 0 Å². The molecule has 0 radical (unpaired) electrons. The zero-order valence-electron chi connectivity index (χ0n) is 26.1. The fourth-order valence-corrected chi connectivity index (χ4v) is 8.20. The van der Waals surface area contributed by atoms with Crippen molar-refractivity contribution in [2.24, 2.45) is 0 Å². The van der Waals surface area contributed by atoms with E-state index < -0.39 is 0 Å². The van der Waals surface area contributed by atoms with Crippen LogP contribution < -0.4 is 4.74 Å². The van der Waals surface area contributed by atoms with E-state index in [0.717, 1.165) is 34.8 Å². The lowest BCUT2D eigenvalue weighted by molar-refractivity contribution is 0.164. The maximum absolute atomic E-state index is 6.45. The Kier molecular flexibility index (Phi) is 6.28. The third kappa shape index (κ3) is 4.04. The predicted molar refractivity (Wildman–Crippen MR) is 193 cm³/mol. The average Bonchev–Trinajstić information content (AvgIpc) is 3.75. The summed E-state index contributed by atoms with van der Waals surface area (Å²) in [6.07, 6.45) is 11.6. The minimum absolute atomic E-state index is 0.324. The molecule has 0 amide bonds. The largest absolute Gasteiger partial charge is 0.489 e. The second-order valence-corrected chi connectivity index (χ2v) is 12.8. The van der Waals surface area contributed by atoms with Crippen molar-refractivity contribution in [1.82, 2.24) is 9.13 Å². The molecular weight excluding hydrogens is 560 g/mol. The van der Waals surface area contributed by atoms with Gasteiger partial charge >= 0.3 is 0 Å². The second-order valence-electron chi connectivity index (χ2n) is 12.8. The molecule has 3 nitrogen and oxygen atoms in total. The maximum atomic E-state index is 6.45. The fourth-order valence-electron chi connectivity index (χ4n) is 8.20. The minimum atomic E-state index is 0.324. The van der Waals surface area contributed by atoms with Gasteiger partial charge in [0.05, 0.1) is 22.2 Å². The van der Waals surface area contributed by atoms with E-state index in [0.29, 0.717) is 12.0 Å². The first-order chi connectivity index (χ1) is 22.7. The number of nitrogens with zero attached hydrogens (tertiary/aromatic N) is 2.